The van der Waals surface area contributed by atoms with Crippen LogP contribution >= 0.6 is 0 Å². The zero-order chi connectivity index (χ0) is 17.6. The van der Waals surface area contributed by atoms with Gasteiger partial charge in [0.25, 0.3) is 5.91 Å². The summed E-state index contributed by atoms with van der Waals surface area (Å²) in [7, 11) is 0. The van der Waals surface area contributed by atoms with Gasteiger partial charge in [-0.2, -0.15) is 0 Å². The van der Waals surface area contributed by atoms with E-state index in [1.165, 1.54) is 0 Å². The van der Waals surface area contributed by atoms with E-state index in [9.17, 15) is 9.59 Å². The molecule has 2 heterocycles. The van der Waals surface area contributed by atoms with Crippen LogP contribution in [-0.4, -0.2) is 34.9 Å². The first-order valence-electron chi connectivity index (χ1n) is 8.32. The molecule has 1 aliphatic heterocycles. The summed E-state index contributed by atoms with van der Waals surface area (Å²) in [6.07, 6.45) is 4.82. The highest BCUT2D eigenvalue weighted by molar-refractivity contribution is 5.95. The highest BCUT2D eigenvalue weighted by Gasteiger charge is 2.26. The van der Waals surface area contributed by atoms with Gasteiger partial charge in [0.1, 0.15) is 0 Å². The molecule has 0 aliphatic carbocycles. The Morgan fingerprint density at radius 2 is 1.80 bits per heavy atom. The summed E-state index contributed by atoms with van der Waals surface area (Å²) in [6, 6.07) is 9.00. The topological polar surface area (TPSA) is 87.2 Å². The molecule has 1 saturated heterocycles. The van der Waals surface area contributed by atoms with Crippen molar-refractivity contribution in [1.82, 2.24) is 20.8 Å². The summed E-state index contributed by atoms with van der Waals surface area (Å²) in [5, 5.41) is 0. The van der Waals surface area contributed by atoms with Gasteiger partial charge in [-0.25, -0.2) is 9.97 Å². The van der Waals surface area contributed by atoms with Crippen LogP contribution < -0.4 is 15.8 Å². The van der Waals surface area contributed by atoms with Gasteiger partial charge in [-0.1, -0.05) is 17.7 Å². The van der Waals surface area contributed by atoms with E-state index in [1.54, 1.807) is 30.6 Å². The third-order valence-electron chi connectivity index (χ3n) is 4.28. The molecule has 1 aliphatic rings. The summed E-state index contributed by atoms with van der Waals surface area (Å²) in [5.41, 5.74) is 6.55. The minimum atomic E-state index is -0.313. The number of aryl methyl sites for hydroxylation is 1. The highest BCUT2D eigenvalue weighted by atomic mass is 16.2. The maximum absolute atomic E-state index is 12.3. The van der Waals surface area contributed by atoms with E-state index >= 15 is 0 Å². The minimum absolute atomic E-state index is 0.127. The molecule has 3 rings (SSSR count). The summed E-state index contributed by atoms with van der Waals surface area (Å²) >= 11 is 0. The van der Waals surface area contributed by atoms with Crippen LogP contribution in [0, 0.1) is 12.8 Å². The SMILES string of the molecule is Cc1cccc(C(=O)NNC(=O)C2CCN(c3ncccn3)CC2)c1. The average molecular weight is 339 g/mol. The fourth-order valence-electron chi connectivity index (χ4n) is 2.88. The van der Waals surface area contributed by atoms with Gasteiger partial charge in [-0.3, -0.25) is 20.4 Å². The van der Waals surface area contributed by atoms with Crippen LogP contribution in [0.3, 0.4) is 0 Å². The summed E-state index contributed by atoms with van der Waals surface area (Å²) in [5.74, 6) is 0.0914. The monoisotopic (exact) mass is 339 g/mol. The van der Waals surface area contributed by atoms with Crippen molar-refractivity contribution in [1.29, 1.82) is 0 Å². The van der Waals surface area contributed by atoms with Crippen LogP contribution in [0.15, 0.2) is 42.7 Å². The fraction of sp³-hybridized carbons (Fsp3) is 0.333. The molecule has 7 heteroatoms. The van der Waals surface area contributed by atoms with E-state index < -0.39 is 0 Å². The Bertz CT molecular complexity index is 742. The van der Waals surface area contributed by atoms with E-state index in [0.717, 1.165) is 5.56 Å². The second kappa shape index (κ2) is 7.74. The van der Waals surface area contributed by atoms with Crippen LogP contribution in [0.4, 0.5) is 5.95 Å². The number of piperidine rings is 1. The Morgan fingerprint density at radius 1 is 1.08 bits per heavy atom. The molecule has 2 amide bonds. The first-order valence-corrected chi connectivity index (χ1v) is 8.32. The number of carbonyl (C=O) groups is 2. The number of rotatable bonds is 3. The minimum Gasteiger partial charge on any atom is -0.341 e. The Labute approximate surface area is 146 Å². The average Bonchev–Trinajstić information content (AvgIpc) is 2.66. The lowest BCUT2D eigenvalue weighted by Crippen LogP contribution is -2.47. The van der Waals surface area contributed by atoms with E-state index in [-0.39, 0.29) is 17.7 Å². The number of hydrazine groups is 1. The molecule has 0 unspecified atom stereocenters. The van der Waals surface area contributed by atoms with Crippen LogP contribution in [0.1, 0.15) is 28.8 Å². The molecule has 0 saturated carbocycles. The van der Waals surface area contributed by atoms with Crippen molar-refractivity contribution in [2.24, 2.45) is 5.92 Å². The summed E-state index contributed by atoms with van der Waals surface area (Å²) < 4.78 is 0. The smallest absolute Gasteiger partial charge is 0.269 e. The van der Waals surface area contributed by atoms with Crippen molar-refractivity contribution < 1.29 is 9.59 Å². The maximum atomic E-state index is 12.3. The molecule has 0 radical (unpaired) electrons. The molecule has 2 N–H and O–H groups in total. The molecule has 0 atom stereocenters. The third kappa shape index (κ3) is 4.32. The van der Waals surface area contributed by atoms with E-state index in [1.807, 2.05) is 19.1 Å². The number of hydrogen-bond donors (Lipinski definition) is 2. The third-order valence-corrected chi connectivity index (χ3v) is 4.28. The van der Waals surface area contributed by atoms with Crippen molar-refractivity contribution in [3.63, 3.8) is 0 Å². The lowest BCUT2D eigenvalue weighted by Gasteiger charge is -2.31. The van der Waals surface area contributed by atoms with Gasteiger partial charge < -0.3 is 4.90 Å². The molecular formula is C18H21N5O2. The van der Waals surface area contributed by atoms with Gasteiger partial charge in [0, 0.05) is 37.0 Å². The lowest BCUT2D eigenvalue weighted by molar-refractivity contribution is -0.126. The predicted molar refractivity (Wildman–Crippen MR) is 93.8 cm³/mol. The first-order chi connectivity index (χ1) is 12.1. The number of benzene rings is 1. The number of amides is 2. The summed E-state index contributed by atoms with van der Waals surface area (Å²) in [6.45, 7) is 3.35. The predicted octanol–water partition coefficient (Wildman–Crippen LogP) is 1.46. The second-order valence-corrected chi connectivity index (χ2v) is 6.12. The lowest BCUT2D eigenvalue weighted by atomic mass is 9.96. The fourth-order valence-corrected chi connectivity index (χ4v) is 2.88. The van der Waals surface area contributed by atoms with Crippen molar-refractivity contribution in [2.45, 2.75) is 19.8 Å². The second-order valence-electron chi connectivity index (χ2n) is 6.12. The number of carbonyl (C=O) groups excluding carboxylic acids is 2. The Kier molecular flexibility index (Phi) is 5.23. The number of nitrogens with zero attached hydrogens (tertiary/aromatic N) is 3. The Hall–Kier alpha value is -2.96. The standard InChI is InChI=1S/C18H21N5O2/c1-13-4-2-5-15(12-13)17(25)22-21-16(24)14-6-10-23(11-7-14)18-19-8-3-9-20-18/h2-5,8-9,12,14H,6-7,10-11H2,1H3,(H,21,24)(H,22,25). The van der Waals surface area contributed by atoms with Crippen LogP contribution in [-0.2, 0) is 4.79 Å². The number of hydrogen-bond acceptors (Lipinski definition) is 5. The normalized spacial score (nSPS) is 14.8. The number of aromatic nitrogens is 2. The molecule has 1 aromatic heterocycles. The van der Waals surface area contributed by atoms with Gasteiger partial charge in [-0.15, -0.1) is 0 Å². The quantitative estimate of drug-likeness (QED) is 0.827. The van der Waals surface area contributed by atoms with Gasteiger partial charge in [0.05, 0.1) is 0 Å². The van der Waals surface area contributed by atoms with Gasteiger partial charge >= 0.3 is 0 Å². The van der Waals surface area contributed by atoms with E-state index in [4.69, 9.17) is 0 Å². The molecule has 2 aromatic rings. The van der Waals surface area contributed by atoms with Crippen LogP contribution in [0.5, 0.6) is 0 Å². The van der Waals surface area contributed by atoms with Crippen molar-refractivity contribution in [2.75, 3.05) is 18.0 Å². The van der Waals surface area contributed by atoms with Crippen molar-refractivity contribution >= 4 is 17.8 Å². The molecular weight excluding hydrogens is 318 g/mol. The number of anilines is 1. The Balaban J connectivity index is 1.47. The molecule has 130 valence electrons. The first kappa shape index (κ1) is 16.9. The largest absolute Gasteiger partial charge is 0.341 e. The van der Waals surface area contributed by atoms with Crippen molar-refractivity contribution in [3.05, 3.63) is 53.9 Å². The van der Waals surface area contributed by atoms with Crippen LogP contribution in [0.2, 0.25) is 0 Å². The molecule has 25 heavy (non-hydrogen) atoms. The van der Waals surface area contributed by atoms with Gasteiger partial charge in [0.15, 0.2) is 0 Å². The zero-order valence-corrected chi connectivity index (χ0v) is 14.1. The maximum Gasteiger partial charge on any atom is 0.269 e. The van der Waals surface area contributed by atoms with E-state index in [0.29, 0.717) is 37.4 Å². The Morgan fingerprint density at radius 3 is 2.48 bits per heavy atom. The zero-order valence-electron chi connectivity index (χ0n) is 14.1. The molecule has 0 bridgehead atoms. The van der Waals surface area contributed by atoms with Crippen LogP contribution in [0.25, 0.3) is 0 Å². The molecule has 0 spiro atoms. The van der Waals surface area contributed by atoms with Crippen molar-refractivity contribution in [3.8, 4) is 0 Å². The van der Waals surface area contributed by atoms with Gasteiger partial charge in [-0.05, 0) is 38.0 Å². The van der Waals surface area contributed by atoms with E-state index in [2.05, 4.69) is 25.7 Å². The molecule has 1 aromatic carbocycles. The molecule has 7 nitrogen and oxygen atoms in total. The number of nitrogens with one attached hydrogen (secondary N) is 2. The summed E-state index contributed by atoms with van der Waals surface area (Å²) in [4.78, 5) is 34.9. The molecule has 1 fully saturated rings. The highest BCUT2D eigenvalue weighted by Crippen LogP contribution is 2.20. The van der Waals surface area contributed by atoms with Gasteiger partial charge in [0.2, 0.25) is 11.9 Å².